The Morgan fingerprint density at radius 2 is 1.67 bits per heavy atom. The lowest BCUT2D eigenvalue weighted by molar-refractivity contribution is -0.116. The summed E-state index contributed by atoms with van der Waals surface area (Å²) >= 11 is 0. The summed E-state index contributed by atoms with van der Waals surface area (Å²) in [4.78, 5) is 12.7. The van der Waals surface area contributed by atoms with Gasteiger partial charge in [0, 0.05) is 12.1 Å². The van der Waals surface area contributed by atoms with E-state index in [0.29, 0.717) is 30.1 Å². The van der Waals surface area contributed by atoms with E-state index in [1.165, 1.54) is 0 Å². The van der Waals surface area contributed by atoms with E-state index in [0.717, 1.165) is 28.3 Å². The predicted molar refractivity (Wildman–Crippen MR) is 116 cm³/mol. The monoisotopic (exact) mass is 409 g/mol. The first-order valence-corrected chi connectivity index (χ1v) is 9.68. The van der Waals surface area contributed by atoms with Crippen LogP contribution in [0, 0.1) is 13.8 Å². The Hall–Kier alpha value is -3.48. The first-order chi connectivity index (χ1) is 14.5. The number of carbonyl (C=O) groups excluding carboxylic acids is 1. The second-order valence-corrected chi connectivity index (χ2v) is 6.94. The van der Waals surface area contributed by atoms with E-state index < -0.39 is 0 Å². The topological polar surface area (TPSA) is 74.6 Å². The maximum Gasteiger partial charge on any atom is 0.224 e. The minimum atomic E-state index is -0.0854. The van der Waals surface area contributed by atoms with Gasteiger partial charge in [0.05, 0.1) is 38.4 Å². The Bertz CT molecular complexity index is 1020. The number of hydrogen-bond acceptors (Lipinski definition) is 5. The molecule has 0 bridgehead atoms. The van der Waals surface area contributed by atoms with Crippen LogP contribution in [0.4, 0.5) is 5.69 Å². The Kier molecular flexibility index (Phi) is 6.61. The molecule has 3 aromatic rings. The number of rotatable bonds is 8. The molecule has 0 fully saturated rings. The van der Waals surface area contributed by atoms with Gasteiger partial charge >= 0.3 is 0 Å². The number of nitrogens with one attached hydrogen (secondary N) is 1. The first kappa shape index (κ1) is 21.2. The highest BCUT2D eigenvalue weighted by Crippen LogP contribution is 2.38. The fourth-order valence-corrected chi connectivity index (χ4v) is 3.39. The van der Waals surface area contributed by atoms with Crippen molar-refractivity contribution in [3.8, 4) is 22.9 Å². The third-order valence-corrected chi connectivity index (χ3v) is 4.78. The second-order valence-electron chi connectivity index (χ2n) is 6.94. The average Bonchev–Trinajstić information content (AvgIpc) is 3.09. The third-order valence-electron chi connectivity index (χ3n) is 4.78. The van der Waals surface area contributed by atoms with E-state index in [1.807, 2.05) is 61.0 Å². The summed E-state index contributed by atoms with van der Waals surface area (Å²) in [6.07, 6.45) is 0.842. The van der Waals surface area contributed by atoms with Gasteiger partial charge in [-0.25, -0.2) is 4.68 Å². The highest BCUT2D eigenvalue weighted by atomic mass is 16.5. The molecule has 158 valence electrons. The Balaban J connectivity index is 1.74. The quantitative estimate of drug-likeness (QED) is 0.607. The largest absolute Gasteiger partial charge is 0.493 e. The maximum absolute atomic E-state index is 12.7. The summed E-state index contributed by atoms with van der Waals surface area (Å²) in [7, 11) is 4.71. The van der Waals surface area contributed by atoms with Crippen LogP contribution in [0.25, 0.3) is 5.69 Å². The molecule has 1 aromatic heterocycles. The van der Waals surface area contributed by atoms with Crippen molar-refractivity contribution in [2.75, 3.05) is 26.6 Å². The Labute approximate surface area is 176 Å². The van der Waals surface area contributed by atoms with E-state index in [4.69, 9.17) is 14.2 Å². The molecule has 0 atom stereocenters. The fourth-order valence-electron chi connectivity index (χ4n) is 3.39. The number of aromatic nitrogens is 2. The fraction of sp³-hybridized carbons (Fsp3) is 0.304. The lowest BCUT2D eigenvalue weighted by Crippen LogP contribution is -2.15. The first-order valence-electron chi connectivity index (χ1n) is 9.68. The maximum atomic E-state index is 12.7. The molecular weight excluding hydrogens is 382 g/mol. The predicted octanol–water partition coefficient (Wildman–Crippen LogP) is 4.09. The molecule has 7 nitrogen and oxygen atoms in total. The summed E-state index contributed by atoms with van der Waals surface area (Å²) in [5.74, 6) is 1.59. The molecule has 0 saturated carbocycles. The van der Waals surface area contributed by atoms with Gasteiger partial charge in [0.25, 0.3) is 0 Å². The second kappa shape index (κ2) is 9.35. The normalized spacial score (nSPS) is 10.6. The van der Waals surface area contributed by atoms with Crippen LogP contribution < -0.4 is 19.5 Å². The van der Waals surface area contributed by atoms with Crippen LogP contribution in [0.15, 0.2) is 42.5 Å². The van der Waals surface area contributed by atoms with Gasteiger partial charge in [-0.1, -0.05) is 12.1 Å². The minimum Gasteiger partial charge on any atom is -0.493 e. The van der Waals surface area contributed by atoms with Crippen LogP contribution in [-0.4, -0.2) is 37.0 Å². The minimum absolute atomic E-state index is 0.0854. The van der Waals surface area contributed by atoms with E-state index in [1.54, 1.807) is 21.3 Å². The molecule has 0 aliphatic rings. The zero-order chi connectivity index (χ0) is 21.7. The lowest BCUT2D eigenvalue weighted by atomic mass is 10.1. The number of anilines is 1. The molecule has 0 spiro atoms. The average molecular weight is 409 g/mol. The van der Waals surface area contributed by atoms with Crippen molar-refractivity contribution in [1.29, 1.82) is 0 Å². The molecule has 0 unspecified atom stereocenters. The van der Waals surface area contributed by atoms with E-state index in [-0.39, 0.29) is 5.91 Å². The molecule has 1 heterocycles. The van der Waals surface area contributed by atoms with Crippen LogP contribution in [0.3, 0.4) is 0 Å². The number of benzene rings is 2. The molecule has 3 rings (SSSR count). The number of para-hydroxylation sites is 2. The number of methoxy groups -OCH3 is 3. The summed E-state index contributed by atoms with van der Waals surface area (Å²) in [5.41, 5.74) is 4.41. The van der Waals surface area contributed by atoms with Crippen LogP contribution in [0.2, 0.25) is 0 Å². The van der Waals surface area contributed by atoms with Crippen LogP contribution in [-0.2, 0) is 11.2 Å². The van der Waals surface area contributed by atoms with Crippen molar-refractivity contribution in [3.63, 3.8) is 0 Å². The van der Waals surface area contributed by atoms with Crippen LogP contribution in [0.5, 0.6) is 17.2 Å². The van der Waals surface area contributed by atoms with Crippen molar-refractivity contribution in [2.24, 2.45) is 0 Å². The van der Waals surface area contributed by atoms with Gasteiger partial charge in [-0.15, -0.1) is 0 Å². The number of carbonyl (C=O) groups is 1. The molecule has 30 heavy (non-hydrogen) atoms. The Morgan fingerprint density at radius 1 is 1.00 bits per heavy atom. The van der Waals surface area contributed by atoms with E-state index in [2.05, 4.69) is 10.4 Å². The van der Waals surface area contributed by atoms with E-state index >= 15 is 0 Å². The number of ether oxygens (including phenoxy) is 3. The van der Waals surface area contributed by atoms with Gasteiger partial charge < -0.3 is 19.5 Å². The third kappa shape index (κ3) is 4.56. The number of nitrogens with zero attached hydrogens (tertiary/aromatic N) is 2. The molecule has 0 saturated heterocycles. The molecule has 1 amide bonds. The van der Waals surface area contributed by atoms with Crippen LogP contribution >= 0.6 is 0 Å². The highest BCUT2D eigenvalue weighted by Gasteiger charge is 2.15. The smallest absolute Gasteiger partial charge is 0.224 e. The van der Waals surface area contributed by atoms with Gasteiger partial charge in [-0.3, -0.25) is 4.79 Å². The van der Waals surface area contributed by atoms with Gasteiger partial charge in [0.2, 0.25) is 11.7 Å². The molecular formula is C23H27N3O4. The van der Waals surface area contributed by atoms with E-state index in [9.17, 15) is 4.79 Å². The number of hydrogen-bond donors (Lipinski definition) is 1. The number of aryl methyl sites for hydroxylation is 3. The molecule has 0 radical (unpaired) electrons. The molecule has 2 aromatic carbocycles. The summed E-state index contributed by atoms with van der Waals surface area (Å²) in [5, 5.41) is 7.53. The van der Waals surface area contributed by atoms with Crippen molar-refractivity contribution in [2.45, 2.75) is 26.7 Å². The summed E-state index contributed by atoms with van der Waals surface area (Å²) in [6.45, 7) is 3.94. The van der Waals surface area contributed by atoms with Crippen molar-refractivity contribution in [3.05, 3.63) is 59.4 Å². The summed E-state index contributed by atoms with van der Waals surface area (Å²) < 4.78 is 18.0. The Morgan fingerprint density at radius 3 is 2.23 bits per heavy atom. The van der Waals surface area contributed by atoms with Gasteiger partial charge in [-0.2, -0.15) is 5.10 Å². The zero-order valence-corrected chi connectivity index (χ0v) is 18.0. The van der Waals surface area contributed by atoms with Crippen molar-refractivity contribution < 1.29 is 19.0 Å². The molecule has 0 aliphatic heterocycles. The van der Waals surface area contributed by atoms with Gasteiger partial charge in [0.1, 0.15) is 0 Å². The summed E-state index contributed by atoms with van der Waals surface area (Å²) in [6, 6.07) is 13.4. The lowest BCUT2D eigenvalue weighted by Gasteiger charge is -2.15. The zero-order valence-electron chi connectivity index (χ0n) is 18.0. The van der Waals surface area contributed by atoms with Gasteiger partial charge in [-0.05, 0) is 56.2 Å². The van der Waals surface area contributed by atoms with Crippen LogP contribution in [0.1, 0.15) is 23.4 Å². The highest BCUT2D eigenvalue weighted by molar-refractivity contribution is 5.93. The SMILES string of the molecule is COc1cc(CCC(=O)Nc2ccccc2-n2nc(C)cc2C)cc(OC)c1OC. The molecule has 0 aliphatic carbocycles. The standard InChI is InChI=1S/C23H27N3O4/c1-15-12-16(2)26(25-15)19-9-7-6-8-18(19)24-22(27)11-10-17-13-20(28-3)23(30-5)21(14-17)29-4/h6-9,12-14H,10-11H2,1-5H3,(H,24,27). The van der Waals surface area contributed by atoms with Crippen molar-refractivity contribution >= 4 is 11.6 Å². The molecule has 1 N–H and O–H groups in total. The molecule has 7 heteroatoms. The van der Waals surface area contributed by atoms with Crippen molar-refractivity contribution in [1.82, 2.24) is 9.78 Å². The number of amides is 1. The van der Waals surface area contributed by atoms with Gasteiger partial charge in [0.15, 0.2) is 11.5 Å².